The molecule has 0 radical (unpaired) electrons. The fourth-order valence-electron chi connectivity index (χ4n) is 0. The summed E-state index contributed by atoms with van der Waals surface area (Å²) >= 11 is 0. The summed E-state index contributed by atoms with van der Waals surface area (Å²) in [6.07, 6.45) is 0. The van der Waals surface area contributed by atoms with Crippen LogP contribution >= 0.6 is 0 Å². The summed E-state index contributed by atoms with van der Waals surface area (Å²) in [6.45, 7) is 1.93. The molecule has 7 heteroatoms. The van der Waals surface area contributed by atoms with Crippen molar-refractivity contribution in [3.8, 4) is 0 Å². The molecule has 0 aromatic carbocycles. The van der Waals surface area contributed by atoms with Gasteiger partial charge >= 0.3 is 0 Å². The Morgan fingerprint density at radius 1 is 0.778 bits per heavy atom. The van der Waals surface area contributed by atoms with Crippen molar-refractivity contribution in [2.45, 2.75) is 6.92 Å². The lowest BCUT2D eigenvalue weighted by Crippen LogP contribution is -1.57. The summed E-state index contributed by atoms with van der Waals surface area (Å²) in [5.41, 5.74) is 0. The van der Waals surface area contributed by atoms with Gasteiger partial charge in [0.05, 0.1) is 0 Å². The van der Waals surface area contributed by atoms with Gasteiger partial charge in [-0.1, -0.05) is 0 Å². The molecule has 0 aliphatic rings. The highest BCUT2D eigenvalue weighted by Crippen LogP contribution is 1.30. The Balaban J connectivity index is -0.00000000133. The molecule has 0 aromatic heterocycles. The summed E-state index contributed by atoms with van der Waals surface area (Å²) in [4.78, 5) is 0. The van der Waals surface area contributed by atoms with Crippen molar-refractivity contribution in [2.24, 2.45) is 0 Å². The fourth-order valence-corrected chi connectivity index (χ4v) is 0. The van der Waals surface area contributed by atoms with E-state index >= 15 is 0 Å². The van der Waals surface area contributed by atoms with Gasteiger partial charge in [-0.05, 0) is 6.92 Å². The normalized spacial score (nSPS) is 2.00. The van der Waals surface area contributed by atoms with Gasteiger partial charge in [-0.3, -0.25) is 0 Å². The number of hydrogen-bond acceptors (Lipinski definition) is 1. The minimum Gasteiger partial charge on any atom is -0.412 e. The summed E-state index contributed by atoms with van der Waals surface area (Å²) in [6, 6.07) is 0. The topological polar surface area (TPSA) is 209 Å². The van der Waals surface area contributed by atoms with Crippen molar-refractivity contribution in [2.75, 3.05) is 6.61 Å². The lowest BCUT2D eigenvalue weighted by molar-refractivity contribution is 0.318. The van der Waals surface area contributed by atoms with Gasteiger partial charge in [0, 0.05) is 6.61 Å². The monoisotopic (exact) mass is 154 g/mol. The molecule has 0 saturated heterocycles. The van der Waals surface area contributed by atoms with Crippen molar-refractivity contribution >= 4 is 0 Å². The second kappa shape index (κ2) is 672. The van der Waals surface area contributed by atoms with Crippen LogP contribution in [0, 0.1) is 0 Å². The van der Waals surface area contributed by atoms with Gasteiger partial charge in [-0.2, -0.15) is 0 Å². The molecule has 13 N–H and O–H groups in total. The predicted octanol–water partition coefficient (Wildman–Crippen LogP) is -4.95. The summed E-state index contributed by atoms with van der Waals surface area (Å²) in [7, 11) is 0. The molecule has 0 unspecified atom stereocenters. The Bertz CT molecular complexity index is 6.88. The minimum atomic E-state index is 0. The first-order chi connectivity index (χ1) is 1.41. The van der Waals surface area contributed by atoms with Crippen molar-refractivity contribution in [3.63, 3.8) is 0 Å². The molecule has 0 rings (SSSR count). The Morgan fingerprint density at radius 3 is 0.778 bits per heavy atom. The van der Waals surface area contributed by atoms with Crippen LogP contribution in [0.3, 0.4) is 0 Å². The molecule has 0 spiro atoms. The molecule has 0 saturated carbocycles. The number of hydrogen-bond donors (Lipinski definition) is 1. The van der Waals surface area contributed by atoms with Crippen LogP contribution in [-0.2, 0) is 0 Å². The van der Waals surface area contributed by atoms with Gasteiger partial charge in [0.15, 0.2) is 0 Å². The van der Waals surface area contributed by atoms with Crippen molar-refractivity contribution in [3.05, 3.63) is 0 Å². The highest BCUT2D eigenvalue weighted by molar-refractivity contribution is 3.84. The van der Waals surface area contributed by atoms with E-state index in [4.69, 9.17) is 5.11 Å². The van der Waals surface area contributed by atoms with Gasteiger partial charge in [0.1, 0.15) is 0 Å². The molecule has 7 nitrogen and oxygen atoms in total. The van der Waals surface area contributed by atoms with E-state index in [-0.39, 0.29) is 39.5 Å². The molecule has 0 fully saturated rings. The zero-order valence-corrected chi connectivity index (χ0v) is 5.15. The van der Waals surface area contributed by atoms with Crippen LogP contribution in [0.1, 0.15) is 6.92 Å². The average Bonchev–Trinajstić information content (AvgIpc) is 0.918. The maximum Gasteiger partial charge on any atom is 0.0402 e. The van der Waals surface area contributed by atoms with Crippen LogP contribution in [0.15, 0.2) is 0 Å². The van der Waals surface area contributed by atoms with Crippen molar-refractivity contribution < 1.29 is 38.0 Å². The summed E-state index contributed by atoms with van der Waals surface area (Å²) < 4.78 is 0. The Hall–Kier alpha value is -0.280. The zero-order chi connectivity index (χ0) is 2.71. The van der Waals surface area contributed by atoms with Gasteiger partial charge in [0.25, 0.3) is 0 Å². The molecule has 0 atom stereocenters. The smallest absolute Gasteiger partial charge is 0.0402 e. The number of aliphatic hydroxyl groups is 1. The van der Waals surface area contributed by atoms with E-state index in [1.165, 1.54) is 0 Å². The Kier molecular flexibility index (Phi) is 13100. The van der Waals surface area contributed by atoms with Gasteiger partial charge in [-0.25, -0.2) is 0 Å². The third-order valence-corrected chi connectivity index (χ3v) is 0. The molecule has 0 amide bonds. The molecule has 9 heavy (non-hydrogen) atoms. The number of rotatable bonds is 0. The SMILES string of the molecule is CCO.O.O.O.O.O.O. The number of aliphatic hydroxyl groups excluding tert-OH is 1. The van der Waals surface area contributed by atoms with E-state index in [2.05, 4.69) is 0 Å². The Morgan fingerprint density at radius 2 is 0.778 bits per heavy atom. The first-order valence-corrected chi connectivity index (χ1v) is 1.02. The Labute approximate surface area is 52.8 Å². The maximum atomic E-state index is 7.57. The van der Waals surface area contributed by atoms with Crippen LogP contribution in [0.2, 0.25) is 0 Å². The van der Waals surface area contributed by atoms with Crippen LogP contribution in [-0.4, -0.2) is 44.6 Å². The maximum absolute atomic E-state index is 7.57. The van der Waals surface area contributed by atoms with Gasteiger partial charge < -0.3 is 38.0 Å². The van der Waals surface area contributed by atoms with Crippen LogP contribution in [0.4, 0.5) is 0 Å². The second-order valence-corrected chi connectivity index (χ2v) is 0.316. The average molecular weight is 154 g/mol. The van der Waals surface area contributed by atoms with Gasteiger partial charge in [0.2, 0.25) is 0 Å². The first-order valence-electron chi connectivity index (χ1n) is 1.02. The first kappa shape index (κ1) is 176. The summed E-state index contributed by atoms with van der Waals surface area (Å²) in [5, 5.41) is 7.57. The second-order valence-electron chi connectivity index (χ2n) is 0.316. The molecular weight excluding hydrogens is 136 g/mol. The van der Waals surface area contributed by atoms with E-state index < -0.39 is 0 Å². The zero-order valence-electron chi connectivity index (χ0n) is 5.15. The molecular formula is C2H18O7. The quantitative estimate of drug-likeness (QED) is 0.356. The highest BCUT2D eigenvalue weighted by atomic mass is 16.2. The molecule has 0 bridgehead atoms. The fraction of sp³-hybridized carbons (Fsp3) is 1.00. The third kappa shape index (κ3) is 3220. The third-order valence-electron chi connectivity index (χ3n) is 0. The molecule has 0 heterocycles. The largest absolute Gasteiger partial charge is 0.412 e. The van der Waals surface area contributed by atoms with Crippen LogP contribution in [0.25, 0.3) is 0 Å². The highest BCUT2D eigenvalue weighted by Gasteiger charge is 1.34. The lowest BCUT2D eigenvalue weighted by atomic mass is 10.9. The summed E-state index contributed by atoms with van der Waals surface area (Å²) in [5.74, 6) is 0. The van der Waals surface area contributed by atoms with Crippen molar-refractivity contribution in [1.29, 1.82) is 0 Å². The van der Waals surface area contributed by atoms with Crippen molar-refractivity contribution in [1.82, 2.24) is 0 Å². The van der Waals surface area contributed by atoms with E-state index in [1.807, 2.05) is 0 Å². The van der Waals surface area contributed by atoms with E-state index in [0.717, 1.165) is 0 Å². The molecule has 68 valence electrons. The van der Waals surface area contributed by atoms with E-state index in [9.17, 15) is 0 Å². The minimum absolute atomic E-state index is 0. The van der Waals surface area contributed by atoms with Gasteiger partial charge in [-0.15, -0.1) is 0 Å². The lowest BCUT2D eigenvalue weighted by Gasteiger charge is -1.52. The van der Waals surface area contributed by atoms with Crippen LogP contribution < -0.4 is 0 Å². The van der Waals surface area contributed by atoms with E-state index in [0.29, 0.717) is 0 Å². The predicted molar refractivity (Wildman–Crippen MR) is 34.4 cm³/mol. The molecule has 0 aliphatic carbocycles. The molecule has 0 aromatic rings. The van der Waals surface area contributed by atoms with Crippen LogP contribution in [0.5, 0.6) is 0 Å². The van der Waals surface area contributed by atoms with E-state index in [1.54, 1.807) is 6.92 Å². The molecule has 0 aliphatic heterocycles. The standard InChI is InChI=1S/C2H6O.6H2O/c1-2-3;;;;;;/h3H,2H2,1H3;6*1H2.